The topological polar surface area (TPSA) is 59.2 Å². The van der Waals surface area contributed by atoms with Gasteiger partial charge in [-0.1, -0.05) is 6.07 Å². The number of carbonyl (C=O) groups excluding carboxylic acids is 1. The van der Waals surface area contributed by atoms with E-state index in [1.54, 1.807) is 13.2 Å². The molecule has 0 unspecified atom stereocenters. The number of likely N-dealkylation sites (N-methyl/N-ethyl adjacent to an activating group) is 1. The van der Waals surface area contributed by atoms with Crippen LogP contribution in [0.3, 0.4) is 0 Å². The Morgan fingerprint density at radius 1 is 1.35 bits per heavy atom. The summed E-state index contributed by atoms with van der Waals surface area (Å²) >= 11 is 0. The maximum atomic E-state index is 13.2. The number of pyridine rings is 1. The van der Waals surface area contributed by atoms with Crippen molar-refractivity contribution in [2.45, 2.75) is 6.42 Å². The molecule has 1 aromatic carbocycles. The van der Waals surface area contributed by atoms with Gasteiger partial charge in [0.1, 0.15) is 5.82 Å². The largest absolute Gasteiger partial charge is 0.398 e. The Kier molecular flexibility index (Phi) is 4.30. The fourth-order valence-electron chi connectivity index (χ4n) is 1.85. The summed E-state index contributed by atoms with van der Waals surface area (Å²) in [5.41, 5.74) is 7.08. The van der Waals surface area contributed by atoms with Crippen LogP contribution in [0, 0.1) is 5.82 Å². The average Bonchev–Trinajstić information content (AvgIpc) is 2.47. The van der Waals surface area contributed by atoms with Gasteiger partial charge in [0.15, 0.2) is 0 Å². The number of nitrogens with zero attached hydrogens (tertiary/aromatic N) is 2. The predicted octanol–water partition coefficient (Wildman–Crippen LogP) is 2.12. The number of hydrogen-bond donors (Lipinski definition) is 1. The molecule has 5 heteroatoms. The van der Waals surface area contributed by atoms with Crippen LogP contribution in [0.5, 0.6) is 0 Å². The van der Waals surface area contributed by atoms with E-state index >= 15 is 0 Å². The van der Waals surface area contributed by atoms with Crippen LogP contribution in [0.4, 0.5) is 10.1 Å². The van der Waals surface area contributed by atoms with E-state index in [1.807, 2.05) is 18.2 Å². The van der Waals surface area contributed by atoms with Gasteiger partial charge in [0.25, 0.3) is 5.91 Å². The van der Waals surface area contributed by atoms with Crippen molar-refractivity contribution in [3.63, 3.8) is 0 Å². The average molecular weight is 273 g/mol. The quantitative estimate of drug-likeness (QED) is 0.868. The smallest absolute Gasteiger partial charge is 0.255 e. The van der Waals surface area contributed by atoms with Crippen LogP contribution in [0.2, 0.25) is 0 Å². The van der Waals surface area contributed by atoms with Crippen molar-refractivity contribution >= 4 is 11.6 Å². The molecule has 0 fully saturated rings. The minimum absolute atomic E-state index is 0.188. The fourth-order valence-corrected chi connectivity index (χ4v) is 1.85. The van der Waals surface area contributed by atoms with Gasteiger partial charge in [0.05, 0.1) is 5.56 Å². The Morgan fingerprint density at radius 3 is 2.85 bits per heavy atom. The molecule has 0 aliphatic heterocycles. The van der Waals surface area contributed by atoms with Crippen LogP contribution in [0.1, 0.15) is 16.1 Å². The third-order valence-corrected chi connectivity index (χ3v) is 3.02. The van der Waals surface area contributed by atoms with Crippen LogP contribution in [-0.4, -0.2) is 29.4 Å². The van der Waals surface area contributed by atoms with Crippen molar-refractivity contribution in [1.29, 1.82) is 0 Å². The molecule has 0 saturated carbocycles. The van der Waals surface area contributed by atoms with Gasteiger partial charge in [0, 0.05) is 37.6 Å². The maximum Gasteiger partial charge on any atom is 0.255 e. The molecular formula is C15H16FN3O. The first kappa shape index (κ1) is 14.0. The van der Waals surface area contributed by atoms with E-state index in [0.717, 1.165) is 11.8 Å². The second-order valence-corrected chi connectivity index (χ2v) is 4.53. The molecule has 0 radical (unpaired) electrons. The molecule has 1 amide bonds. The fraction of sp³-hybridized carbons (Fsp3) is 0.200. The summed E-state index contributed by atoms with van der Waals surface area (Å²) in [5, 5.41) is 0. The minimum atomic E-state index is -0.472. The molecule has 0 bridgehead atoms. The Hall–Kier alpha value is -2.43. The van der Waals surface area contributed by atoms with Crippen molar-refractivity contribution in [3.8, 4) is 0 Å². The van der Waals surface area contributed by atoms with Crippen LogP contribution < -0.4 is 5.73 Å². The zero-order valence-corrected chi connectivity index (χ0v) is 11.2. The number of nitrogens with two attached hydrogens (primary N) is 1. The first-order chi connectivity index (χ1) is 9.58. The highest BCUT2D eigenvalue weighted by molar-refractivity contribution is 5.98. The van der Waals surface area contributed by atoms with Gasteiger partial charge in [-0.2, -0.15) is 0 Å². The van der Waals surface area contributed by atoms with E-state index in [9.17, 15) is 9.18 Å². The monoisotopic (exact) mass is 273 g/mol. The number of hydrogen-bond acceptors (Lipinski definition) is 3. The predicted molar refractivity (Wildman–Crippen MR) is 75.7 cm³/mol. The first-order valence-corrected chi connectivity index (χ1v) is 6.28. The lowest BCUT2D eigenvalue weighted by atomic mass is 10.1. The van der Waals surface area contributed by atoms with Gasteiger partial charge < -0.3 is 10.6 Å². The number of benzene rings is 1. The maximum absolute atomic E-state index is 13.2. The van der Waals surface area contributed by atoms with Crippen LogP contribution in [0.25, 0.3) is 0 Å². The highest BCUT2D eigenvalue weighted by Crippen LogP contribution is 2.15. The highest BCUT2D eigenvalue weighted by atomic mass is 19.1. The molecule has 104 valence electrons. The zero-order valence-electron chi connectivity index (χ0n) is 11.2. The Labute approximate surface area is 117 Å². The molecule has 1 aromatic heterocycles. The van der Waals surface area contributed by atoms with E-state index in [4.69, 9.17) is 5.73 Å². The van der Waals surface area contributed by atoms with Gasteiger partial charge in [-0.3, -0.25) is 9.78 Å². The summed E-state index contributed by atoms with van der Waals surface area (Å²) in [6.45, 7) is 0.492. The lowest BCUT2D eigenvalue weighted by Crippen LogP contribution is -2.29. The molecule has 2 aromatic rings. The Bertz CT molecular complexity index is 601. The lowest BCUT2D eigenvalue weighted by molar-refractivity contribution is 0.0797. The molecule has 0 aliphatic carbocycles. The number of aromatic nitrogens is 1. The van der Waals surface area contributed by atoms with Gasteiger partial charge in [-0.15, -0.1) is 0 Å². The molecule has 20 heavy (non-hydrogen) atoms. The first-order valence-electron chi connectivity index (χ1n) is 6.28. The number of amides is 1. The summed E-state index contributed by atoms with van der Waals surface area (Å²) in [6, 6.07) is 9.43. The second kappa shape index (κ2) is 6.14. The van der Waals surface area contributed by atoms with Crippen LogP contribution in [0.15, 0.2) is 42.6 Å². The number of halogens is 1. The number of carbonyl (C=O) groups is 1. The normalized spacial score (nSPS) is 10.3. The summed E-state index contributed by atoms with van der Waals surface area (Å²) in [5.74, 6) is -0.765. The van der Waals surface area contributed by atoms with Gasteiger partial charge in [0.2, 0.25) is 0 Å². The molecule has 0 saturated heterocycles. The molecule has 4 nitrogen and oxygen atoms in total. The third kappa shape index (κ3) is 3.32. The van der Waals surface area contributed by atoms with E-state index in [1.165, 1.54) is 17.0 Å². The summed E-state index contributed by atoms with van der Waals surface area (Å²) in [6.07, 6.45) is 2.35. The van der Waals surface area contributed by atoms with Crippen molar-refractivity contribution in [3.05, 3.63) is 59.7 Å². The number of rotatable bonds is 4. The van der Waals surface area contributed by atoms with Gasteiger partial charge >= 0.3 is 0 Å². The zero-order chi connectivity index (χ0) is 14.5. The molecule has 0 atom stereocenters. The van der Waals surface area contributed by atoms with Crippen molar-refractivity contribution in [1.82, 2.24) is 9.88 Å². The van der Waals surface area contributed by atoms with Crippen LogP contribution in [-0.2, 0) is 6.42 Å². The molecule has 1 heterocycles. The second-order valence-electron chi connectivity index (χ2n) is 4.53. The summed E-state index contributed by atoms with van der Waals surface area (Å²) in [7, 11) is 1.66. The summed E-state index contributed by atoms with van der Waals surface area (Å²) in [4.78, 5) is 17.9. The van der Waals surface area contributed by atoms with E-state index in [2.05, 4.69) is 4.98 Å². The van der Waals surface area contributed by atoms with Gasteiger partial charge in [-0.05, 0) is 30.3 Å². The molecule has 0 aliphatic rings. The molecule has 2 rings (SSSR count). The van der Waals surface area contributed by atoms with E-state index in [0.29, 0.717) is 13.0 Å². The van der Waals surface area contributed by atoms with E-state index < -0.39 is 5.82 Å². The minimum Gasteiger partial charge on any atom is -0.398 e. The summed E-state index contributed by atoms with van der Waals surface area (Å²) < 4.78 is 13.2. The third-order valence-electron chi connectivity index (χ3n) is 3.02. The van der Waals surface area contributed by atoms with Gasteiger partial charge in [-0.25, -0.2) is 4.39 Å². The van der Waals surface area contributed by atoms with Crippen molar-refractivity contribution in [2.75, 3.05) is 19.3 Å². The lowest BCUT2D eigenvalue weighted by Gasteiger charge is -2.18. The Balaban J connectivity index is 2.03. The standard InChI is InChI=1S/C15H16FN3O/c1-19(9-7-12-4-2-3-8-18-12)15(20)13-10-11(16)5-6-14(13)17/h2-6,8,10H,7,9,17H2,1H3. The molecule has 2 N–H and O–H groups in total. The van der Waals surface area contributed by atoms with Crippen LogP contribution >= 0.6 is 0 Å². The van der Waals surface area contributed by atoms with E-state index in [-0.39, 0.29) is 17.2 Å². The number of anilines is 1. The molecular weight excluding hydrogens is 257 g/mol. The van der Waals surface area contributed by atoms with Crippen molar-refractivity contribution < 1.29 is 9.18 Å². The highest BCUT2D eigenvalue weighted by Gasteiger charge is 2.15. The van der Waals surface area contributed by atoms with Crippen molar-refractivity contribution in [2.24, 2.45) is 0 Å². The SMILES string of the molecule is CN(CCc1ccccn1)C(=O)c1cc(F)ccc1N. The molecule has 0 spiro atoms. The Morgan fingerprint density at radius 2 is 2.15 bits per heavy atom. The number of nitrogen functional groups attached to an aromatic ring is 1.